The largest absolute Gasteiger partial charge is 0.494 e. The summed E-state index contributed by atoms with van der Waals surface area (Å²) in [7, 11) is -3.61. The minimum Gasteiger partial charge on any atom is -0.494 e. The Kier molecular flexibility index (Phi) is 6.49. The third kappa shape index (κ3) is 5.01. The Hall–Kier alpha value is -0.120. The van der Waals surface area contributed by atoms with Gasteiger partial charge in [0.1, 0.15) is 5.75 Å². The first-order valence-electron chi connectivity index (χ1n) is 5.40. The number of hydrogen-bond donors (Lipinski definition) is 1. The topological polar surface area (TPSA) is 80.7 Å². The van der Waals surface area contributed by atoms with E-state index >= 15 is 0 Å². The zero-order valence-electron chi connectivity index (χ0n) is 10.1. The molecule has 0 aliphatic heterocycles. The monoisotopic (exact) mass is 492 g/mol. The van der Waals surface area contributed by atoms with Crippen molar-refractivity contribution in [1.82, 2.24) is 0 Å². The number of ether oxygens (including phenoxy) is 1. The van der Waals surface area contributed by atoms with Gasteiger partial charge >= 0.3 is 5.97 Å². The number of alkyl halides is 3. The number of rotatable bonds is 6. The van der Waals surface area contributed by atoms with E-state index in [0.29, 0.717) is 12.2 Å². The molecule has 0 saturated carbocycles. The van der Waals surface area contributed by atoms with E-state index in [1.165, 1.54) is 24.3 Å². The van der Waals surface area contributed by atoms with Crippen molar-refractivity contribution in [1.29, 1.82) is 0 Å². The molecule has 0 amide bonds. The molecule has 0 unspecified atom stereocenters. The van der Waals surface area contributed by atoms with Gasteiger partial charge in [0.05, 0.1) is 11.5 Å². The van der Waals surface area contributed by atoms with E-state index in [4.69, 9.17) is 9.84 Å². The van der Waals surface area contributed by atoms with Crippen molar-refractivity contribution in [3.63, 3.8) is 0 Å². The van der Waals surface area contributed by atoms with Crippen LogP contribution < -0.4 is 4.74 Å². The number of carbonyl (C=O) groups is 1. The molecule has 0 aliphatic rings. The van der Waals surface area contributed by atoms with E-state index < -0.39 is 17.3 Å². The molecule has 5 nitrogen and oxygen atoms in total. The highest BCUT2D eigenvalue weighted by atomic mass is 80.0. The van der Waals surface area contributed by atoms with Crippen molar-refractivity contribution in [3.05, 3.63) is 24.3 Å². The number of sulfone groups is 1. The second-order valence-corrected chi connectivity index (χ2v) is 14.2. The van der Waals surface area contributed by atoms with Gasteiger partial charge in [0.2, 0.25) is 11.3 Å². The molecule has 0 saturated heterocycles. The Morgan fingerprint density at radius 2 is 1.75 bits per heavy atom. The summed E-state index contributed by atoms with van der Waals surface area (Å²) in [5.41, 5.74) is 0. The molecule has 0 aromatic heterocycles. The van der Waals surface area contributed by atoms with Gasteiger partial charge in [0, 0.05) is 6.42 Å². The lowest BCUT2D eigenvalue weighted by atomic mass is 10.3. The molecule has 0 atom stereocenters. The molecule has 0 spiro atoms. The summed E-state index contributed by atoms with van der Waals surface area (Å²) >= 11 is 8.94. The Morgan fingerprint density at radius 3 is 2.20 bits per heavy atom. The Bertz CT molecular complexity index is 563. The van der Waals surface area contributed by atoms with Gasteiger partial charge in [-0.2, -0.15) is 0 Å². The number of carboxylic acid groups (broad SMARTS) is 1. The first-order chi connectivity index (χ1) is 9.14. The zero-order valence-corrected chi connectivity index (χ0v) is 15.6. The molecule has 9 heteroatoms. The summed E-state index contributed by atoms with van der Waals surface area (Å²) < 4.78 is 28.0. The molecule has 0 radical (unpaired) electrons. The Balaban J connectivity index is 2.68. The van der Waals surface area contributed by atoms with Gasteiger partial charge < -0.3 is 9.84 Å². The minimum atomic E-state index is -3.61. The van der Waals surface area contributed by atoms with Crippen molar-refractivity contribution in [2.45, 2.75) is 19.2 Å². The molecule has 1 rings (SSSR count). The zero-order chi connectivity index (χ0) is 15.4. The average molecular weight is 495 g/mol. The van der Waals surface area contributed by atoms with Crippen LogP contribution in [0, 0.1) is 0 Å². The third-order valence-electron chi connectivity index (χ3n) is 2.24. The second kappa shape index (κ2) is 7.24. The van der Waals surface area contributed by atoms with Crippen molar-refractivity contribution < 1.29 is 23.1 Å². The van der Waals surface area contributed by atoms with Crippen LogP contribution in [-0.2, 0) is 14.6 Å². The Labute approximate surface area is 142 Å². The molecule has 0 aliphatic carbocycles. The van der Waals surface area contributed by atoms with Gasteiger partial charge in [-0.05, 0) is 78.5 Å². The number of aliphatic carboxylic acids is 1. The van der Waals surface area contributed by atoms with Crippen LogP contribution in [0.3, 0.4) is 0 Å². The third-order valence-corrected chi connectivity index (χ3v) is 7.58. The lowest BCUT2D eigenvalue weighted by molar-refractivity contribution is -0.137. The molecular formula is C11H11Br3O5S. The van der Waals surface area contributed by atoms with Crippen LogP contribution in [-0.4, -0.2) is 27.6 Å². The lowest BCUT2D eigenvalue weighted by Crippen LogP contribution is -2.17. The van der Waals surface area contributed by atoms with Crippen LogP contribution in [0.25, 0.3) is 0 Å². The highest BCUT2D eigenvalue weighted by Gasteiger charge is 2.37. The molecule has 1 aromatic rings. The van der Waals surface area contributed by atoms with Crippen LogP contribution in [0.1, 0.15) is 12.8 Å². The first-order valence-corrected chi connectivity index (χ1v) is 9.27. The van der Waals surface area contributed by atoms with Crippen LogP contribution >= 0.6 is 47.8 Å². The Morgan fingerprint density at radius 1 is 1.20 bits per heavy atom. The van der Waals surface area contributed by atoms with Crippen molar-refractivity contribution in [2.75, 3.05) is 6.61 Å². The van der Waals surface area contributed by atoms with Crippen molar-refractivity contribution >= 4 is 63.6 Å². The molecule has 0 heterocycles. The molecule has 112 valence electrons. The maximum Gasteiger partial charge on any atom is 0.303 e. The van der Waals surface area contributed by atoms with Crippen molar-refractivity contribution in [3.8, 4) is 5.75 Å². The summed E-state index contributed by atoms with van der Waals surface area (Å²) in [5.74, 6) is -0.392. The molecule has 20 heavy (non-hydrogen) atoms. The smallest absolute Gasteiger partial charge is 0.303 e. The molecule has 0 fully saturated rings. The van der Waals surface area contributed by atoms with Crippen LogP contribution in [0.15, 0.2) is 29.2 Å². The number of hydrogen-bond acceptors (Lipinski definition) is 4. The SMILES string of the molecule is O=C(O)CCCOc1ccc(S(=O)(=O)C(Br)(Br)Br)cc1. The normalized spacial score (nSPS) is 12.2. The maximum atomic E-state index is 12.1. The highest BCUT2D eigenvalue weighted by Crippen LogP contribution is 2.43. The fourth-order valence-electron chi connectivity index (χ4n) is 1.26. The predicted octanol–water partition coefficient (Wildman–Crippen LogP) is 3.50. The van der Waals surface area contributed by atoms with Gasteiger partial charge in [-0.25, -0.2) is 8.42 Å². The van der Waals surface area contributed by atoms with Gasteiger partial charge in [0.15, 0.2) is 0 Å². The molecule has 1 aromatic carbocycles. The predicted molar refractivity (Wildman–Crippen MR) is 85.5 cm³/mol. The molecular weight excluding hydrogens is 484 g/mol. The average Bonchev–Trinajstić information content (AvgIpc) is 2.33. The number of carboxylic acids is 1. The van der Waals surface area contributed by atoms with Crippen LogP contribution in [0.2, 0.25) is 0 Å². The minimum absolute atomic E-state index is 0.0335. The quantitative estimate of drug-likeness (QED) is 0.483. The van der Waals surface area contributed by atoms with E-state index in [-0.39, 0.29) is 17.9 Å². The van der Waals surface area contributed by atoms with E-state index in [9.17, 15) is 13.2 Å². The summed E-state index contributed by atoms with van der Waals surface area (Å²) in [6.45, 7) is 0.262. The van der Waals surface area contributed by atoms with E-state index in [0.717, 1.165) is 0 Å². The maximum absolute atomic E-state index is 12.1. The number of halogens is 3. The molecule has 0 bridgehead atoms. The summed E-state index contributed by atoms with van der Waals surface area (Å²) in [5, 5.41) is 8.48. The van der Waals surface area contributed by atoms with Gasteiger partial charge in [-0.1, -0.05) is 0 Å². The lowest BCUT2D eigenvalue weighted by Gasteiger charge is -2.14. The van der Waals surface area contributed by atoms with E-state index in [2.05, 4.69) is 47.8 Å². The summed E-state index contributed by atoms with van der Waals surface area (Å²) in [6, 6.07) is 5.87. The fraction of sp³-hybridized carbons (Fsp3) is 0.364. The van der Waals surface area contributed by atoms with Gasteiger partial charge in [0.25, 0.3) is 0 Å². The van der Waals surface area contributed by atoms with Crippen LogP contribution in [0.4, 0.5) is 0 Å². The van der Waals surface area contributed by atoms with E-state index in [1.54, 1.807) is 0 Å². The summed E-state index contributed by atoms with van der Waals surface area (Å²) in [6.07, 6.45) is 0.425. The van der Waals surface area contributed by atoms with Crippen LogP contribution in [0.5, 0.6) is 5.75 Å². The standard InChI is InChI=1S/C11H11Br3O5S/c12-11(13,14)20(17,18)9-5-3-8(4-6-9)19-7-1-2-10(15)16/h3-6H,1-2,7H2,(H,15,16). The molecule has 1 N–H and O–H groups in total. The second-order valence-electron chi connectivity index (χ2n) is 3.77. The fourth-order valence-corrected chi connectivity index (χ4v) is 3.71. The number of benzene rings is 1. The summed E-state index contributed by atoms with van der Waals surface area (Å²) in [4.78, 5) is 10.4. The van der Waals surface area contributed by atoms with Gasteiger partial charge in [-0.15, -0.1) is 0 Å². The highest BCUT2D eigenvalue weighted by molar-refractivity contribution is 9.42. The van der Waals surface area contributed by atoms with Crippen molar-refractivity contribution in [2.24, 2.45) is 0 Å². The first kappa shape index (κ1) is 17.9. The van der Waals surface area contributed by atoms with Gasteiger partial charge in [-0.3, -0.25) is 4.79 Å². The van der Waals surface area contributed by atoms with E-state index in [1.807, 2.05) is 0 Å².